The molecule has 0 fully saturated rings. The molecule has 0 amide bonds. The molecule has 0 aromatic carbocycles. The van der Waals surface area contributed by atoms with Crippen LogP contribution in [-0.2, 0) is 6.54 Å². The van der Waals surface area contributed by atoms with Crippen LogP contribution in [0.3, 0.4) is 0 Å². The first-order valence-electron chi connectivity index (χ1n) is 6.90. The molecule has 1 unspecified atom stereocenters. The normalized spacial score (nSPS) is 12.6. The molecule has 102 valence electrons. The van der Waals surface area contributed by atoms with E-state index in [1.165, 1.54) is 30.4 Å². The Hall–Kier alpha value is -1.16. The molecule has 18 heavy (non-hydrogen) atoms. The second-order valence-electron chi connectivity index (χ2n) is 4.95. The van der Waals surface area contributed by atoms with Gasteiger partial charge in [0.05, 0.1) is 12.7 Å². The van der Waals surface area contributed by atoms with Gasteiger partial charge in [0.2, 0.25) is 0 Å². The van der Waals surface area contributed by atoms with Gasteiger partial charge < -0.3 is 5.32 Å². The second-order valence-corrected chi connectivity index (χ2v) is 4.95. The van der Waals surface area contributed by atoms with Crippen LogP contribution in [0.1, 0.15) is 45.1 Å². The van der Waals surface area contributed by atoms with Crippen LogP contribution in [0.25, 0.3) is 0 Å². The maximum absolute atomic E-state index is 11.6. The monoisotopic (exact) mass is 251 g/mol. The van der Waals surface area contributed by atoms with Gasteiger partial charge in [-0.15, -0.1) is 0 Å². The lowest BCUT2D eigenvalue weighted by Crippen LogP contribution is -2.33. The highest BCUT2D eigenvalue weighted by atomic mass is 16.1. The summed E-state index contributed by atoms with van der Waals surface area (Å²) in [5, 5.41) is 7.55. The van der Waals surface area contributed by atoms with Crippen molar-refractivity contribution in [3.8, 4) is 0 Å². The van der Waals surface area contributed by atoms with Gasteiger partial charge in [-0.3, -0.25) is 4.79 Å². The number of nitrogens with one attached hydrogen (secondary N) is 1. The van der Waals surface area contributed by atoms with Gasteiger partial charge in [0, 0.05) is 18.7 Å². The molecule has 1 rings (SSSR count). The largest absolute Gasteiger partial charge is 0.312 e. The summed E-state index contributed by atoms with van der Waals surface area (Å²) in [6, 6.07) is 2.13. The summed E-state index contributed by atoms with van der Waals surface area (Å²) in [6.07, 6.45) is 6.75. The molecule has 4 heteroatoms. The summed E-state index contributed by atoms with van der Waals surface area (Å²) in [5.74, 6) is 0. The van der Waals surface area contributed by atoms with Crippen molar-refractivity contribution < 1.29 is 0 Å². The maximum Gasteiger partial charge on any atom is 0.267 e. The molecule has 1 aromatic heterocycles. The van der Waals surface area contributed by atoms with Crippen molar-refractivity contribution in [3.63, 3.8) is 0 Å². The Kier molecular flexibility index (Phi) is 6.65. The van der Waals surface area contributed by atoms with E-state index in [0.717, 1.165) is 12.1 Å². The second kappa shape index (κ2) is 8.03. The van der Waals surface area contributed by atoms with Gasteiger partial charge in [-0.05, 0) is 25.8 Å². The molecule has 0 aliphatic heterocycles. The topological polar surface area (TPSA) is 46.9 Å². The minimum Gasteiger partial charge on any atom is -0.312 e. The Morgan fingerprint density at radius 1 is 1.44 bits per heavy atom. The van der Waals surface area contributed by atoms with E-state index in [9.17, 15) is 4.79 Å². The predicted octanol–water partition coefficient (Wildman–Crippen LogP) is 2.11. The van der Waals surface area contributed by atoms with Crippen molar-refractivity contribution in [1.29, 1.82) is 0 Å². The van der Waals surface area contributed by atoms with E-state index < -0.39 is 0 Å². The van der Waals surface area contributed by atoms with Gasteiger partial charge in [0.1, 0.15) is 0 Å². The molecule has 0 bridgehead atoms. The summed E-state index contributed by atoms with van der Waals surface area (Å²) < 4.78 is 1.51. The van der Waals surface area contributed by atoms with Gasteiger partial charge in [-0.2, -0.15) is 5.10 Å². The summed E-state index contributed by atoms with van der Waals surface area (Å²) in [5.41, 5.74) is 0.896. The molecular weight excluding hydrogens is 226 g/mol. The fraction of sp³-hybridized carbons (Fsp3) is 0.714. The fourth-order valence-corrected chi connectivity index (χ4v) is 1.91. The molecule has 0 aliphatic carbocycles. The molecule has 0 radical (unpaired) electrons. The van der Waals surface area contributed by atoms with Crippen LogP contribution >= 0.6 is 0 Å². The Balaban J connectivity index is 2.26. The third-order valence-electron chi connectivity index (χ3n) is 3.06. The van der Waals surface area contributed by atoms with Crippen LogP contribution in [0, 0.1) is 6.92 Å². The highest BCUT2D eigenvalue weighted by Crippen LogP contribution is 2.02. The van der Waals surface area contributed by atoms with Crippen molar-refractivity contribution in [2.75, 3.05) is 6.54 Å². The summed E-state index contributed by atoms with van der Waals surface area (Å²) >= 11 is 0. The molecule has 0 spiro atoms. The average molecular weight is 251 g/mol. The first-order valence-corrected chi connectivity index (χ1v) is 6.90. The summed E-state index contributed by atoms with van der Waals surface area (Å²) in [6.45, 7) is 7.72. The van der Waals surface area contributed by atoms with Crippen molar-refractivity contribution in [3.05, 3.63) is 28.2 Å². The minimum absolute atomic E-state index is 0.0181. The molecule has 4 nitrogen and oxygen atoms in total. The lowest BCUT2D eigenvalue weighted by molar-refractivity contribution is 0.452. The van der Waals surface area contributed by atoms with Crippen molar-refractivity contribution in [1.82, 2.24) is 15.1 Å². The summed E-state index contributed by atoms with van der Waals surface area (Å²) in [7, 11) is 0. The number of hydrogen-bond donors (Lipinski definition) is 1. The molecule has 1 N–H and O–H groups in total. The lowest BCUT2D eigenvalue weighted by Gasteiger charge is -2.13. The molecule has 0 saturated heterocycles. The van der Waals surface area contributed by atoms with E-state index in [1.54, 1.807) is 12.3 Å². The van der Waals surface area contributed by atoms with Gasteiger partial charge in [-0.1, -0.05) is 26.2 Å². The Labute approximate surface area is 109 Å². The smallest absolute Gasteiger partial charge is 0.267 e. The Morgan fingerprint density at radius 3 is 2.89 bits per heavy atom. The molecule has 1 atom stereocenters. The third kappa shape index (κ3) is 5.45. The van der Waals surface area contributed by atoms with Gasteiger partial charge in [0.15, 0.2) is 0 Å². The van der Waals surface area contributed by atoms with E-state index >= 15 is 0 Å². The van der Waals surface area contributed by atoms with Gasteiger partial charge >= 0.3 is 0 Å². The highest BCUT2D eigenvalue weighted by molar-refractivity contribution is 5.02. The molecule has 1 aromatic rings. The van der Waals surface area contributed by atoms with Crippen LogP contribution in [-0.4, -0.2) is 22.4 Å². The highest BCUT2D eigenvalue weighted by Gasteiger charge is 2.02. The van der Waals surface area contributed by atoms with Crippen molar-refractivity contribution in [2.24, 2.45) is 0 Å². The zero-order valence-electron chi connectivity index (χ0n) is 11.8. The SMILES string of the molecule is CCCCCC(C)NCCn1ncc(C)cc1=O. The number of aryl methyl sites for hydroxylation is 1. The van der Waals surface area contributed by atoms with E-state index in [-0.39, 0.29) is 5.56 Å². The standard InChI is InChI=1S/C14H25N3O/c1-4-5-6-7-13(3)15-8-9-17-14(18)10-12(2)11-16-17/h10-11,13,15H,4-9H2,1-3H3. The number of aromatic nitrogens is 2. The fourth-order valence-electron chi connectivity index (χ4n) is 1.91. The van der Waals surface area contributed by atoms with Crippen LogP contribution in [0.2, 0.25) is 0 Å². The van der Waals surface area contributed by atoms with Crippen molar-refractivity contribution >= 4 is 0 Å². The first-order chi connectivity index (χ1) is 8.63. The van der Waals surface area contributed by atoms with E-state index in [0.29, 0.717) is 12.6 Å². The van der Waals surface area contributed by atoms with Gasteiger partial charge in [-0.25, -0.2) is 4.68 Å². The Bertz CT molecular complexity index is 400. The first kappa shape index (κ1) is 14.9. The molecule has 0 saturated carbocycles. The zero-order chi connectivity index (χ0) is 13.4. The quantitative estimate of drug-likeness (QED) is 0.720. The molecule has 1 heterocycles. The zero-order valence-corrected chi connectivity index (χ0v) is 11.8. The van der Waals surface area contributed by atoms with Gasteiger partial charge in [0.25, 0.3) is 5.56 Å². The maximum atomic E-state index is 11.6. The van der Waals surface area contributed by atoms with Crippen LogP contribution < -0.4 is 10.9 Å². The third-order valence-corrected chi connectivity index (χ3v) is 3.06. The Morgan fingerprint density at radius 2 is 2.22 bits per heavy atom. The van der Waals surface area contributed by atoms with E-state index in [2.05, 4.69) is 24.3 Å². The van der Waals surface area contributed by atoms with Crippen LogP contribution in [0.5, 0.6) is 0 Å². The molecular formula is C14H25N3O. The van der Waals surface area contributed by atoms with Crippen LogP contribution in [0.4, 0.5) is 0 Å². The minimum atomic E-state index is -0.0181. The number of hydrogen-bond acceptors (Lipinski definition) is 3. The number of unbranched alkanes of at least 4 members (excludes halogenated alkanes) is 2. The van der Waals surface area contributed by atoms with Crippen molar-refractivity contribution in [2.45, 2.75) is 59.0 Å². The summed E-state index contributed by atoms with van der Waals surface area (Å²) in [4.78, 5) is 11.6. The lowest BCUT2D eigenvalue weighted by atomic mass is 10.1. The average Bonchev–Trinajstić information content (AvgIpc) is 2.32. The van der Waals surface area contributed by atoms with E-state index in [1.807, 2.05) is 6.92 Å². The predicted molar refractivity (Wildman–Crippen MR) is 74.8 cm³/mol. The number of rotatable bonds is 8. The number of nitrogens with zero attached hydrogens (tertiary/aromatic N) is 2. The molecule has 0 aliphatic rings. The van der Waals surface area contributed by atoms with E-state index in [4.69, 9.17) is 0 Å². The van der Waals surface area contributed by atoms with Crippen LogP contribution in [0.15, 0.2) is 17.1 Å².